The predicted octanol–water partition coefficient (Wildman–Crippen LogP) is 3.11. The summed E-state index contributed by atoms with van der Waals surface area (Å²) in [4.78, 5) is 12.2. The zero-order valence-electron chi connectivity index (χ0n) is 16.1. The molecule has 0 aliphatic carbocycles. The lowest BCUT2D eigenvalue weighted by Gasteiger charge is -2.26. The molecule has 2 aromatic rings. The van der Waals surface area contributed by atoms with Gasteiger partial charge in [0.25, 0.3) is 5.91 Å². The predicted molar refractivity (Wildman–Crippen MR) is 104 cm³/mol. The van der Waals surface area contributed by atoms with Crippen molar-refractivity contribution in [1.29, 1.82) is 0 Å². The average Bonchev–Trinajstić information content (AvgIpc) is 3.08. The Hall–Kier alpha value is -2.26. The number of piperidine rings is 1. The van der Waals surface area contributed by atoms with E-state index in [1.54, 1.807) is 16.9 Å². The van der Waals surface area contributed by atoms with Crippen molar-refractivity contribution in [3.63, 3.8) is 0 Å². The van der Waals surface area contributed by atoms with Gasteiger partial charge in [0, 0.05) is 31.3 Å². The summed E-state index contributed by atoms with van der Waals surface area (Å²) < 4.78 is 42.9. The maximum Gasteiger partial charge on any atom is 0.256 e. The van der Waals surface area contributed by atoms with Crippen molar-refractivity contribution in [2.45, 2.75) is 44.6 Å². The number of halogens is 1. The number of carbonyl (C=O) groups is 1. The molecule has 9 heteroatoms. The number of amides is 1. The lowest BCUT2D eigenvalue weighted by atomic mass is 10.2. The van der Waals surface area contributed by atoms with Crippen LogP contribution in [0.25, 0.3) is 0 Å². The van der Waals surface area contributed by atoms with Gasteiger partial charge in [0.1, 0.15) is 16.5 Å². The Bertz CT molecular complexity index is 950. The third kappa shape index (κ3) is 4.41. The van der Waals surface area contributed by atoms with E-state index in [0.29, 0.717) is 31.4 Å². The van der Waals surface area contributed by atoms with Gasteiger partial charge >= 0.3 is 0 Å². The molecule has 7 nitrogen and oxygen atoms in total. The van der Waals surface area contributed by atoms with Crippen LogP contribution in [0.5, 0.6) is 0 Å². The van der Waals surface area contributed by atoms with E-state index in [2.05, 4.69) is 10.4 Å². The van der Waals surface area contributed by atoms with Crippen molar-refractivity contribution < 1.29 is 17.6 Å². The minimum absolute atomic E-state index is 0.0780. The monoisotopic (exact) mass is 408 g/mol. The van der Waals surface area contributed by atoms with E-state index in [0.717, 1.165) is 31.4 Å². The molecule has 1 aliphatic rings. The second-order valence-electron chi connectivity index (χ2n) is 7.36. The maximum atomic E-state index is 14.3. The molecule has 152 valence electrons. The smallest absolute Gasteiger partial charge is 0.256 e. The van der Waals surface area contributed by atoms with Crippen LogP contribution in [0.2, 0.25) is 0 Å². The van der Waals surface area contributed by atoms with Crippen LogP contribution in [0.1, 0.15) is 43.5 Å². The number of nitrogens with zero attached hydrogens (tertiary/aromatic N) is 3. The highest BCUT2D eigenvalue weighted by Gasteiger charge is 2.29. The first-order chi connectivity index (χ1) is 13.3. The highest BCUT2D eigenvalue weighted by atomic mass is 32.2. The summed E-state index contributed by atoms with van der Waals surface area (Å²) in [5.41, 5.74) is 0.0780. The molecule has 1 aliphatic heterocycles. The second kappa shape index (κ2) is 8.40. The van der Waals surface area contributed by atoms with Crippen LogP contribution in [0.3, 0.4) is 0 Å². The fourth-order valence-corrected chi connectivity index (χ4v) is 4.81. The number of sulfonamides is 1. The van der Waals surface area contributed by atoms with E-state index in [1.165, 1.54) is 10.4 Å². The number of hydrogen-bond acceptors (Lipinski definition) is 4. The van der Waals surface area contributed by atoms with Crippen LogP contribution in [0.4, 0.5) is 10.2 Å². The molecule has 1 amide bonds. The SMILES string of the molecule is CC(C)Cn1nccc1NC(=O)c1ccc(F)c(S(=O)(=O)N2CCCCC2)c1. The van der Waals surface area contributed by atoms with Crippen molar-refractivity contribution >= 4 is 21.7 Å². The molecule has 28 heavy (non-hydrogen) atoms. The molecule has 0 saturated carbocycles. The number of anilines is 1. The van der Waals surface area contributed by atoms with Crippen LogP contribution >= 0.6 is 0 Å². The van der Waals surface area contributed by atoms with Crippen LogP contribution in [-0.2, 0) is 16.6 Å². The fraction of sp³-hybridized carbons (Fsp3) is 0.474. The van der Waals surface area contributed by atoms with Crippen LogP contribution in [0, 0.1) is 11.7 Å². The molecule has 0 radical (unpaired) electrons. The number of nitrogens with one attached hydrogen (secondary N) is 1. The zero-order valence-corrected chi connectivity index (χ0v) is 16.9. The summed E-state index contributed by atoms with van der Waals surface area (Å²) in [6, 6.07) is 5.08. The topological polar surface area (TPSA) is 84.3 Å². The van der Waals surface area contributed by atoms with Crippen molar-refractivity contribution in [2.24, 2.45) is 5.92 Å². The summed E-state index contributed by atoms with van der Waals surface area (Å²) in [5.74, 6) is -0.529. The third-order valence-corrected chi connectivity index (χ3v) is 6.54. The first-order valence-electron chi connectivity index (χ1n) is 9.42. The van der Waals surface area contributed by atoms with Gasteiger partial charge in [0.15, 0.2) is 0 Å². The molecular weight excluding hydrogens is 383 g/mol. The molecule has 3 rings (SSSR count). The third-order valence-electron chi connectivity index (χ3n) is 4.62. The van der Waals surface area contributed by atoms with E-state index < -0.39 is 26.6 Å². The number of benzene rings is 1. The lowest BCUT2D eigenvalue weighted by Crippen LogP contribution is -2.36. The molecule has 0 unspecified atom stereocenters. The molecule has 0 bridgehead atoms. The van der Waals surface area contributed by atoms with E-state index in [1.807, 2.05) is 13.8 Å². The number of carbonyl (C=O) groups excluding carboxylic acids is 1. The van der Waals surface area contributed by atoms with Crippen LogP contribution in [-0.4, -0.2) is 41.5 Å². The Morgan fingerprint density at radius 3 is 2.61 bits per heavy atom. The van der Waals surface area contributed by atoms with E-state index in [4.69, 9.17) is 0 Å². The zero-order chi connectivity index (χ0) is 20.3. The average molecular weight is 408 g/mol. The molecule has 0 atom stereocenters. The standard InChI is InChI=1S/C19H25FN4O3S/c1-14(2)13-24-18(8-9-21-24)22-19(25)15-6-7-16(20)17(12-15)28(26,27)23-10-4-3-5-11-23/h6-9,12,14H,3-5,10-11,13H2,1-2H3,(H,22,25). The van der Waals surface area contributed by atoms with Gasteiger partial charge in [-0.3, -0.25) is 4.79 Å². The molecule has 0 spiro atoms. The lowest BCUT2D eigenvalue weighted by molar-refractivity contribution is 0.102. The van der Waals surface area contributed by atoms with Gasteiger partial charge < -0.3 is 5.32 Å². The molecule has 1 aromatic carbocycles. The van der Waals surface area contributed by atoms with Crippen molar-refractivity contribution in [1.82, 2.24) is 14.1 Å². The summed E-state index contributed by atoms with van der Waals surface area (Å²) in [7, 11) is -3.97. The highest BCUT2D eigenvalue weighted by molar-refractivity contribution is 7.89. The number of aromatic nitrogens is 2. The van der Waals surface area contributed by atoms with E-state index in [-0.39, 0.29) is 5.56 Å². The summed E-state index contributed by atoms with van der Waals surface area (Å²) in [6.45, 7) is 5.43. The molecular formula is C19H25FN4O3S. The van der Waals surface area contributed by atoms with Gasteiger partial charge in [-0.15, -0.1) is 0 Å². The quantitative estimate of drug-likeness (QED) is 0.796. The van der Waals surface area contributed by atoms with Crippen LogP contribution in [0.15, 0.2) is 35.4 Å². The molecule has 1 saturated heterocycles. The van der Waals surface area contributed by atoms with E-state index in [9.17, 15) is 17.6 Å². The molecule has 1 aromatic heterocycles. The summed E-state index contributed by atoms with van der Waals surface area (Å²) >= 11 is 0. The summed E-state index contributed by atoms with van der Waals surface area (Å²) in [6.07, 6.45) is 4.04. The largest absolute Gasteiger partial charge is 0.307 e. The van der Waals surface area contributed by atoms with Gasteiger partial charge in [0.05, 0.1) is 6.20 Å². The van der Waals surface area contributed by atoms with E-state index >= 15 is 0 Å². The van der Waals surface area contributed by atoms with Crippen molar-refractivity contribution in [2.75, 3.05) is 18.4 Å². The first kappa shape index (κ1) is 20.5. The van der Waals surface area contributed by atoms with Crippen LogP contribution < -0.4 is 5.32 Å². The Kier molecular flexibility index (Phi) is 6.14. The number of rotatable bonds is 6. The Balaban J connectivity index is 1.85. The minimum Gasteiger partial charge on any atom is -0.307 e. The molecule has 1 N–H and O–H groups in total. The summed E-state index contributed by atoms with van der Waals surface area (Å²) in [5, 5.41) is 6.90. The highest BCUT2D eigenvalue weighted by Crippen LogP contribution is 2.24. The van der Waals surface area contributed by atoms with Gasteiger partial charge in [-0.25, -0.2) is 17.5 Å². The Labute approximate surface area is 164 Å². The second-order valence-corrected chi connectivity index (χ2v) is 9.26. The fourth-order valence-electron chi connectivity index (χ4n) is 3.21. The Morgan fingerprint density at radius 2 is 1.93 bits per heavy atom. The number of hydrogen-bond donors (Lipinski definition) is 1. The van der Waals surface area contributed by atoms with Gasteiger partial charge in [-0.05, 0) is 37.0 Å². The van der Waals surface area contributed by atoms with Crippen molar-refractivity contribution in [3.8, 4) is 0 Å². The van der Waals surface area contributed by atoms with Gasteiger partial charge in [-0.1, -0.05) is 20.3 Å². The normalized spacial score (nSPS) is 15.7. The molecule has 2 heterocycles. The Morgan fingerprint density at radius 1 is 1.21 bits per heavy atom. The van der Waals surface area contributed by atoms with Gasteiger partial charge in [0.2, 0.25) is 10.0 Å². The molecule has 1 fully saturated rings. The van der Waals surface area contributed by atoms with Gasteiger partial charge in [-0.2, -0.15) is 9.40 Å². The first-order valence-corrected chi connectivity index (χ1v) is 10.9. The minimum atomic E-state index is -3.97. The maximum absolute atomic E-state index is 14.3. The van der Waals surface area contributed by atoms with Crippen molar-refractivity contribution in [3.05, 3.63) is 41.8 Å².